The van der Waals surface area contributed by atoms with Gasteiger partial charge in [0, 0.05) is 11.6 Å². The van der Waals surface area contributed by atoms with E-state index in [-0.39, 0.29) is 6.04 Å². The first-order valence-electron chi connectivity index (χ1n) is 6.44. The Labute approximate surface area is 118 Å². The standard InChI is InChI=1S/C16H16ClNO/c1-19-12-6-7-13-11(10-12)8-9-18-16(13)14-4-2-3-5-15(14)17/h2-7,10,16,18H,8-9H2,1H3/t16-/m0/s1. The minimum absolute atomic E-state index is 0.170. The molecule has 0 aromatic heterocycles. The molecule has 19 heavy (non-hydrogen) atoms. The fraction of sp³-hybridized carbons (Fsp3) is 0.250. The zero-order valence-corrected chi connectivity index (χ0v) is 11.6. The van der Waals surface area contributed by atoms with Gasteiger partial charge in [-0.1, -0.05) is 35.9 Å². The van der Waals surface area contributed by atoms with Gasteiger partial charge in [-0.3, -0.25) is 0 Å². The Hall–Kier alpha value is -1.51. The third-order valence-electron chi connectivity index (χ3n) is 3.62. The summed E-state index contributed by atoms with van der Waals surface area (Å²) in [6, 6.07) is 14.5. The van der Waals surface area contributed by atoms with Crippen LogP contribution in [0.15, 0.2) is 42.5 Å². The van der Waals surface area contributed by atoms with Crippen LogP contribution in [-0.2, 0) is 6.42 Å². The van der Waals surface area contributed by atoms with E-state index in [1.807, 2.05) is 24.3 Å². The highest BCUT2D eigenvalue weighted by atomic mass is 35.5. The van der Waals surface area contributed by atoms with Crippen molar-refractivity contribution in [2.75, 3.05) is 13.7 Å². The summed E-state index contributed by atoms with van der Waals surface area (Å²) in [6.07, 6.45) is 1.02. The average molecular weight is 274 g/mol. The van der Waals surface area contributed by atoms with Crippen LogP contribution >= 0.6 is 11.6 Å². The van der Waals surface area contributed by atoms with Gasteiger partial charge in [-0.25, -0.2) is 0 Å². The molecule has 0 radical (unpaired) electrons. The minimum Gasteiger partial charge on any atom is -0.497 e. The molecule has 0 bridgehead atoms. The summed E-state index contributed by atoms with van der Waals surface area (Å²) in [7, 11) is 1.70. The summed E-state index contributed by atoms with van der Waals surface area (Å²) >= 11 is 6.32. The minimum atomic E-state index is 0.170. The van der Waals surface area contributed by atoms with E-state index in [0.717, 1.165) is 29.3 Å². The average Bonchev–Trinajstić information content (AvgIpc) is 2.46. The van der Waals surface area contributed by atoms with Gasteiger partial charge in [0.1, 0.15) is 5.75 Å². The van der Waals surface area contributed by atoms with Crippen molar-refractivity contribution in [1.29, 1.82) is 0 Å². The molecule has 0 unspecified atom stereocenters. The molecular weight excluding hydrogens is 258 g/mol. The maximum atomic E-state index is 6.32. The van der Waals surface area contributed by atoms with Crippen LogP contribution in [0.3, 0.4) is 0 Å². The van der Waals surface area contributed by atoms with Crippen LogP contribution < -0.4 is 10.1 Å². The number of hydrogen-bond acceptors (Lipinski definition) is 2. The van der Waals surface area contributed by atoms with E-state index in [1.165, 1.54) is 11.1 Å². The molecule has 1 atom stereocenters. The molecule has 1 aliphatic rings. The second kappa shape index (κ2) is 5.24. The molecule has 3 rings (SSSR count). The number of hydrogen-bond donors (Lipinski definition) is 1. The summed E-state index contributed by atoms with van der Waals surface area (Å²) in [4.78, 5) is 0. The summed E-state index contributed by atoms with van der Waals surface area (Å²) in [5, 5.41) is 4.35. The van der Waals surface area contributed by atoms with Crippen LogP contribution in [-0.4, -0.2) is 13.7 Å². The van der Waals surface area contributed by atoms with E-state index < -0.39 is 0 Å². The summed E-state index contributed by atoms with van der Waals surface area (Å²) < 4.78 is 5.30. The van der Waals surface area contributed by atoms with Crippen LogP contribution in [0.1, 0.15) is 22.7 Å². The lowest BCUT2D eigenvalue weighted by Crippen LogP contribution is -2.30. The van der Waals surface area contributed by atoms with E-state index in [4.69, 9.17) is 16.3 Å². The molecule has 0 spiro atoms. The maximum absolute atomic E-state index is 6.32. The molecule has 0 amide bonds. The van der Waals surface area contributed by atoms with E-state index in [2.05, 4.69) is 23.5 Å². The smallest absolute Gasteiger partial charge is 0.119 e. The van der Waals surface area contributed by atoms with Crippen molar-refractivity contribution < 1.29 is 4.74 Å². The van der Waals surface area contributed by atoms with Crippen molar-refractivity contribution in [3.63, 3.8) is 0 Å². The van der Waals surface area contributed by atoms with Crippen molar-refractivity contribution in [2.24, 2.45) is 0 Å². The van der Waals surface area contributed by atoms with Crippen LogP contribution in [0.2, 0.25) is 5.02 Å². The number of nitrogens with one attached hydrogen (secondary N) is 1. The number of benzene rings is 2. The Morgan fingerprint density at radius 2 is 2.00 bits per heavy atom. The molecule has 1 aliphatic heterocycles. The zero-order chi connectivity index (χ0) is 13.2. The lowest BCUT2D eigenvalue weighted by molar-refractivity contribution is 0.413. The Morgan fingerprint density at radius 1 is 1.16 bits per heavy atom. The van der Waals surface area contributed by atoms with Crippen molar-refractivity contribution in [3.8, 4) is 5.75 Å². The van der Waals surface area contributed by atoms with Crippen LogP contribution in [0.25, 0.3) is 0 Å². The Balaban J connectivity index is 2.06. The van der Waals surface area contributed by atoms with E-state index in [9.17, 15) is 0 Å². The second-order valence-electron chi connectivity index (χ2n) is 4.72. The second-order valence-corrected chi connectivity index (χ2v) is 5.13. The van der Waals surface area contributed by atoms with E-state index in [0.29, 0.717) is 0 Å². The molecule has 2 aromatic carbocycles. The Kier molecular flexibility index (Phi) is 3.45. The number of ether oxygens (including phenoxy) is 1. The number of methoxy groups -OCH3 is 1. The Bertz CT molecular complexity index is 597. The molecule has 2 aromatic rings. The lowest BCUT2D eigenvalue weighted by Gasteiger charge is -2.28. The number of fused-ring (bicyclic) bond motifs is 1. The normalized spacial score (nSPS) is 17.9. The van der Waals surface area contributed by atoms with Gasteiger partial charge in [-0.2, -0.15) is 0 Å². The molecule has 0 aliphatic carbocycles. The maximum Gasteiger partial charge on any atom is 0.119 e. The molecule has 0 saturated carbocycles. The topological polar surface area (TPSA) is 21.3 Å². The van der Waals surface area contributed by atoms with Crippen molar-refractivity contribution >= 4 is 11.6 Å². The summed E-state index contributed by atoms with van der Waals surface area (Å²) in [5.41, 5.74) is 3.76. The van der Waals surface area contributed by atoms with Gasteiger partial charge in [0.15, 0.2) is 0 Å². The third-order valence-corrected chi connectivity index (χ3v) is 3.96. The van der Waals surface area contributed by atoms with Gasteiger partial charge in [-0.05, 0) is 41.3 Å². The third kappa shape index (κ3) is 2.34. The predicted molar refractivity (Wildman–Crippen MR) is 78.0 cm³/mol. The van der Waals surface area contributed by atoms with Crippen molar-refractivity contribution in [2.45, 2.75) is 12.5 Å². The summed E-state index contributed by atoms with van der Waals surface area (Å²) in [6.45, 7) is 0.954. The first-order chi connectivity index (χ1) is 9.29. The lowest BCUT2D eigenvalue weighted by atomic mass is 9.90. The Morgan fingerprint density at radius 3 is 2.79 bits per heavy atom. The molecule has 1 heterocycles. The highest BCUT2D eigenvalue weighted by molar-refractivity contribution is 6.31. The van der Waals surface area contributed by atoms with Crippen molar-refractivity contribution in [1.82, 2.24) is 5.32 Å². The van der Waals surface area contributed by atoms with E-state index >= 15 is 0 Å². The van der Waals surface area contributed by atoms with Gasteiger partial charge in [0.25, 0.3) is 0 Å². The van der Waals surface area contributed by atoms with Gasteiger partial charge >= 0.3 is 0 Å². The molecule has 0 fully saturated rings. The van der Waals surface area contributed by atoms with Gasteiger partial charge in [0.05, 0.1) is 13.2 Å². The molecule has 1 N–H and O–H groups in total. The number of halogens is 1. The quantitative estimate of drug-likeness (QED) is 0.903. The van der Waals surface area contributed by atoms with Crippen LogP contribution in [0.5, 0.6) is 5.75 Å². The first-order valence-corrected chi connectivity index (χ1v) is 6.82. The van der Waals surface area contributed by atoms with Crippen LogP contribution in [0.4, 0.5) is 0 Å². The number of rotatable bonds is 2. The fourth-order valence-electron chi connectivity index (χ4n) is 2.66. The molecular formula is C16H16ClNO. The molecule has 3 heteroatoms. The van der Waals surface area contributed by atoms with Gasteiger partial charge in [-0.15, -0.1) is 0 Å². The highest BCUT2D eigenvalue weighted by Crippen LogP contribution is 2.34. The summed E-state index contributed by atoms with van der Waals surface area (Å²) in [5.74, 6) is 0.915. The molecule has 0 saturated heterocycles. The predicted octanol–water partition coefficient (Wildman–Crippen LogP) is 3.58. The largest absolute Gasteiger partial charge is 0.497 e. The highest BCUT2D eigenvalue weighted by Gasteiger charge is 2.23. The molecule has 98 valence electrons. The van der Waals surface area contributed by atoms with Crippen molar-refractivity contribution in [3.05, 3.63) is 64.2 Å². The monoisotopic (exact) mass is 273 g/mol. The SMILES string of the molecule is COc1ccc2c(c1)CCN[C@@H]2c1ccccc1Cl. The van der Waals surface area contributed by atoms with Gasteiger partial charge < -0.3 is 10.1 Å². The fourth-order valence-corrected chi connectivity index (χ4v) is 2.90. The van der Waals surface area contributed by atoms with Crippen LogP contribution in [0, 0.1) is 0 Å². The van der Waals surface area contributed by atoms with E-state index in [1.54, 1.807) is 7.11 Å². The van der Waals surface area contributed by atoms with Gasteiger partial charge in [0.2, 0.25) is 0 Å². The first kappa shape index (κ1) is 12.5. The zero-order valence-electron chi connectivity index (χ0n) is 10.8. The molecule has 2 nitrogen and oxygen atoms in total.